The van der Waals surface area contributed by atoms with Crippen LogP contribution < -0.4 is 4.74 Å². The van der Waals surface area contributed by atoms with E-state index in [9.17, 15) is 5.11 Å². The SMILES string of the molecule is OC[C@@H]1CCc2sc3ncnc(O[C@H]4CC[C@H](N5CCOCC5)CC4)c3c2C1. The molecular weight excluding hydrogens is 374 g/mol. The van der Waals surface area contributed by atoms with Crippen molar-refractivity contribution in [1.82, 2.24) is 14.9 Å². The van der Waals surface area contributed by atoms with E-state index in [2.05, 4.69) is 14.9 Å². The number of aromatic nitrogens is 2. The van der Waals surface area contributed by atoms with Crippen LogP contribution in [0.5, 0.6) is 5.88 Å². The number of aryl methyl sites for hydroxylation is 1. The molecule has 0 bridgehead atoms. The van der Waals surface area contributed by atoms with Gasteiger partial charge in [0.1, 0.15) is 17.3 Å². The Labute approximate surface area is 169 Å². The molecule has 3 heterocycles. The Hall–Kier alpha value is -1.28. The van der Waals surface area contributed by atoms with E-state index in [4.69, 9.17) is 9.47 Å². The lowest BCUT2D eigenvalue weighted by atomic mass is 9.88. The molecule has 1 saturated heterocycles. The van der Waals surface area contributed by atoms with Gasteiger partial charge in [-0.25, -0.2) is 9.97 Å². The van der Waals surface area contributed by atoms with Crippen molar-refractivity contribution in [3.63, 3.8) is 0 Å². The number of fused-ring (bicyclic) bond motifs is 3. The van der Waals surface area contributed by atoms with Gasteiger partial charge < -0.3 is 14.6 Å². The highest BCUT2D eigenvalue weighted by Crippen LogP contribution is 2.41. The van der Waals surface area contributed by atoms with Crippen LogP contribution in [0.4, 0.5) is 0 Å². The molecule has 3 aliphatic rings. The summed E-state index contributed by atoms with van der Waals surface area (Å²) in [7, 11) is 0. The molecule has 0 unspecified atom stereocenters. The minimum absolute atomic E-state index is 0.239. The largest absolute Gasteiger partial charge is 0.474 e. The monoisotopic (exact) mass is 403 g/mol. The van der Waals surface area contributed by atoms with Crippen molar-refractivity contribution < 1.29 is 14.6 Å². The third-order valence-corrected chi connectivity index (χ3v) is 7.85. The molecule has 1 saturated carbocycles. The lowest BCUT2D eigenvalue weighted by Crippen LogP contribution is -2.46. The van der Waals surface area contributed by atoms with Crippen LogP contribution in [0.15, 0.2) is 6.33 Å². The van der Waals surface area contributed by atoms with Crippen LogP contribution in [0.3, 0.4) is 0 Å². The number of nitrogens with zero attached hydrogens (tertiary/aromatic N) is 3. The van der Waals surface area contributed by atoms with Crippen molar-refractivity contribution in [3.05, 3.63) is 16.8 Å². The van der Waals surface area contributed by atoms with Gasteiger partial charge >= 0.3 is 0 Å². The summed E-state index contributed by atoms with van der Waals surface area (Å²) in [5.74, 6) is 1.11. The summed E-state index contributed by atoms with van der Waals surface area (Å²) in [6.07, 6.45) is 9.43. The van der Waals surface area contributed by atoms with Crippen LogP contribution in [0, 0.1) is 5.92 Å². The summed E-state index contributed by atoms with van der Waals surface area (Å²) in [6, 6.07) is 0.674. The normalized spacial score (nSPS) is 29.0. The maximum Gasteiger partial charge on any atom is 0.225 e. The van der Waals surface area contributed by atoms with Crippen LogP contribution >= 0.6 is 11.3 Å². The van der Waals surface area contributed by atoms with Gasteiger partial charge in [0.15, 0.2) is 0 Å². The fraction of sp³-hybridized carbons (Fsp3) is 0.714. The van der Waals surface area contributed by atoms with Gasteiger partial charge in [0.2, 0.25) is 5.88 Å². The molecule has 6 nitrogen and oxygen atoms in total. The van der Waals surface area contributed by atoms with Crippen molar-refractivity contribution in [1.29, 1.82) is 0 Å². The van der Waals surface area contributed by atoms with Crippen molar-refractivity contribution in [2.75, 3.05) is 32.9 Å². The summed E-state index contributed by atoms with van der Waals surface area (Å²) in [5.41, 5.74) is 1.32. The van der Waals surface area contributed by atoms with E-state index in [1.165, 1.54) is 23.3 Å². The van der Waals surface area contributed by atoms with Crippen molar-refractivity contribution in [2.45, 2.75) is 57.1 Å². The number of hydrogen-bond acceptors (Lipinski definition) is 7. The summed E-state index contributed by atoms with van der Waals surface area (Å²) in [6.45, 7) is 4.12. The number of thiophene rings is 1. The van der Waals surface area contributed by atoms with Crippen molar-refractivity contribution in [3.8, 4) is 5.88 Å². The van der Waals surface area contributed by atoms with Crippen molar-refractivity contribution >= 4 is 21.6 Å². The lowest BCUT2D eigenvalue weighted by Gasteiger charge is -2.38. The van der Waals surface area contributed by atoms with E-state index in [0.29, 0.717) is 12.0 Å². The predicted octanol–water partition coefficient (Wildman–Crippen LogP) is 2.81. The predicted molar refractivity (Wildman–Crippen MR) is 109 cm³/mol. The smallest absolute Gasteiger partial charge is 0.225 e. The molecule has 1 aliphatic heterocycles. The van der Waals surface area contributed by atoms with Gasteiger partial charge in [0.25, 0.3) is 0 Å². The zero-order chi connectivity index (χ0) is 18.9. The molecule has 1 atom stereocenters. The molecule has 7 heteroatoms. The molecule has 2 aromatic rings. The van der Waals surface area contributed by atoms with Gasteiger partial charge in [-0.15, -0.1) is 11.3 Å². The molecule has 152 valence electrons. The number of hydrogen-bond donors (Lipinski definition) is 1. The minimum atomic E-state index is 0.239. The van der Waals surface area contributed by atoms with Gasteiger partial charge in [-0.3, -0.25) is 4.90 Å². The minimum Gasteiger partial charge on any atom is -0.474 e. The highest BCUT2D eigenvalue weighted by atomic mass is 32.1. The maximum atomic E-state index is 9.62. The zero-order valence-corrected chi connectivity index (χ0v) is 17.1. The van der Waals surface area contributed by atoms with Gasteiger partial charge in [-0.05, 0) is 56.4 Å². The van der Waals surface area contributed by atoms with Crippen LogP contribution in [0.25, 0.3) is 10.2 Å². The molecule has 2 aromatic heterocycles. The zero-order valence-electron chi connectivity index (χ0n) is 16.3. The van der Waals surface area contributed by atoms with E-state index in [-0.39, 0.29) is 12.7 Å². The molecule has 2 fully saturated rings. The number of aliphatic hydroxyl groups is 1. The molecular formula is C21H29N3O3S. The number of aliphatic hydroxyl groups excluding tert-OH is 1. The second-order valence-corrected chi connectivity index (χ2v) is 9.43. The van der Waals surface area contributed by atoms with Gasteiger partial charge in [0.05, 0.1) is 18.6 Å². The maximum absolute atomic E-state index is 9.62. The Morgan fingerprint density at radius 3 is 2.75 bits per heavy atom. The summed E-state index contributed by atoms with van der Waals surface area (Å²) in [4.78, 5) is 14.1. The summed E-state index contributed by atoms with van der Waals surface area (Å²) >= 11 is 1.78. The Morgan fingerprint density at radius 2 is 1.96 bits per heavy atom. The summed E-state index contributed by atoms with van der Waals surface area (Å²) in [5, 5.41) is 10.7. The first-order valence-electron chi connectivity index (χ1n) is 10.7. The topological polar surface area (TPSA) is 67.7 Å². The molecule has 0 aromatic carbocycles. The number of rotatable bonds is 4. The average Bonchev–Trinajstić information content (AvgIpc) is 3.13. The van der Waals surface area contributed by atoms with Gasteiger partial charge in [-0.2, -0.15) is 0 Å². The first-order chi connectivity index (χ1) is 13.8. The first kappa shape index (κ1) is 18.7. The number of morpholine rings is 1. The van der Waals surface area contributed by atoms with E-state index in [0.717, 1.165) is 74.5 Å². The lowest BCUT2D eigenvalue weighted by molar-refractivity contribution is -0.00126. The molecule has 28 heavy (non-hydrogen) atoms. The second kappa shape index (κ2) is 8.22. The third kappa shape index (κ3) is 3.65. The fourth-order valence-corrected chi connectivity index (χ4v) is 6.20. The molecule has 5 rings (SSSR count). The van der Waals surface area contributed by atoms with E-state index in [1.54, 1.807) is 17.7 Å². The van der Waals surface area contributed by atoms with Crippen LogP contribution in [-0.4, -0.2) is 65.0 Å². The Balaban J connectivity index is 1.30. The molecule has 0 amide bonds. The molecule has 0 spiro atoms. The molecule has 2 aliphatic carbocycles. The number of ether oxygens (including phenoxy) is 2. The highest BCUT2D eigenvalue weighted by molar-refractivity contribution is 7.18. The van der Waals surface area contributed by atoms with E-state index in [1.807, 2.05) is 0 Å². The van der Waals surface area contributed by atoms with Crippen LogP contribution in [0.2, 0.25) is 0 Å². The van der Waals surface area contributed by atoms with Gasteiger partial charge in [-0.1, -0.05) is 0 Å². The standard InChI is InChI=1S/C21H29N3O3S/c25-12-14-1-6-18-17(11-14)19-20(22-13-23-21(19)28-18)27-16-4-2-15(3-5-16)24-7-9-26-10-8-24/h13-16,25H,1-12H2/t14-,15-,16-/m1/s1. The van der Waals surface area contributed by atoms with Crippen LogP contribution in [0.1, 0.15) is 42.5 Å². The molecule has 0 radical (unpaired) electrons. The highest BCUT2D eigenvalue weighted by Gasteiger charge is 2.30. The Kier molecular flexibility index (Phi) is 5.50. The molecule has 1 N–H and O–H groups in total. The van der Waals surface area contributed by atoms with Crippen LogP contribution in [-0.2, 0) is 17.6 Å². The van der Waals surface area contributed by atoms with Crippen molar-refractivity contribution in [2.24, 2.45) is 5.92 Å². The average molecular weight is 404 g/mol. The Morgan fingerprint density at radius 1 is 1.14 bits per heavy atom. The first-order valence-corrected chi connectivity index (χ1v) is 11.5. The fourth-order valence-electron chi connectivity index (χ4n) is 5.03. The summed E-state index contributed by atoms with van der Waals surface area (Å²) < 4.78 is 11.9. The van der Waals surface area contributed by atoms with Gasteiger partial charge in [0, 0.05) is 30.6 Å². The van der Waals surface area contributed by atoms with E-state index >= 15 is 0 Å². The second-order valence-electron chi connectivity index (χ2n) is 8.35. The quantitative estimate of drug-likeness (QED) is 0.847. The van der Waals surface area contributed by atoms with E-state index < -0.39 is 0 Å². The third-order valence-electron chi connectivity index (χ3n) is 6.65. The Bertz CT molecular complexity index is 813.